The third kappa shape index (κ3) is 7.78. The highest BCUT2D eigenvalue weighted by atomic mass is 79.9. The first-order valence-corrected chi connectivity index (χ1v) is 19.0. The van der Waals surface area contributed by atoms with Crippen LogP contribution < -0.4 is 15.1 Å². The Labute approximate surface area is 319 Å². The number of aryl methyl sites for hydroxylation is 2. The van der Waals surface area contributed by atoms with E-state index in [9.17, 15) is 0 Å². The number of hydrogen-bond acceptors (Lipinski definition) is 10. The van der Waals surface area contributed by atoms with Crippen molar-refractivity contribution in [2.24, 2.45) is 25.9 Å². The standard InChI is InChI=1S/C18H21N7.C14H15N7.C4H7Br.ClH/c1-19-16-7-20-17(13-6-21-23(2)9-13)22-18(16)25-11-14-5-15(25)10-24(14)8-12-3-4-12;1-15-12-6-17-13(9-4-18-20(2)7-9)19-14(12)21-8-10-3-11(21)5-16-10;5-3-4-1-2-4;/h6-7,9,12,14-15H,3-5,8,10-11H2,2H3;4,6-7,10-11,16H,3,5,8H2,2H3;4H,1-3H2;1H/t14-,15-;10-,11-;;/m00../s1. The first kappa shape index (κ1) is 36.2. The van der Waals surface area contributed by atoms with Crippen molar-refractivity contribution in [3.8, 4) is 22.8 Å². The fraction of sp³-hybridized carbons (Fsp3) is 0.556. The predicted octanol–water partition coefficient (Wildman–Crippen LogP) is 5.29. The largest absolute Gasteiger partial charge is 0.359 e. The van der Waals surface area contributed by atoms with Crippen LogP contribution in [0.3, 0.4) is 0 Å². The van der Waals surface area contributed by atoms with E-state index in [1.807, 2.05) is 26.5 Å². The van der Waals surface area contributed by atoms with Crippen LogP contribution in [0, 0.1) is 25.0 Å². The lowest BCUT2D eigenvalue weighted by Crippen LogP contribution is -2.47. The van der Waals surface area contributed by atoms with Gasteiger partial charge in [0.25, 0.3) is 0 Å². The number of hydrogen-bond donors (Lipinski definition) is 1. The topological polar surface area (TPSA) is 118 Å². The molecule has 2 aliphatic carbocycles. The van der Waals surface area contributed by atoms with E-state index >= 15 is 0 Å². The molecular formula is C36H44BrClN14. The average molecular weight is 788 g/mol. The van der Waals surface area contributed by atoms with Crippen LogP contribution in [0.25, 0.3) is 32.5 Å². The van der Waals surface area contributed by atoms with Gasteiger partial charge in [-0.2, -0.15) is 10.2 Å². The zero-order chi connectivity index (χ0) is 35.1. The number of nitrogens with one attached hydrogen (secondary N) is 1. The van der Waals surface area contributed by atoms with Gasteiger partial charge in [-0.25, -0.2) is 29.6 Å². The first-order valence-electron chi connectivity index (χ1n) is 17.9. The molecule has 0 spiro atoms. The predicted molar refractivity (Wildman–Crippen MR) is 206 cm³/mol. The van der Waals surface area contributed by atoms with E-state index in [4.69, 9.17) is 18.1 Å². The normalized spacial score (nSPS) is 24.0. The van der Waals surface area contributed by atoms with E-state index in [-0.39, 0.29) is 12.4 Å². The molecule has 4 aromatic heterocycles. The minimum Gasteiger partial charge on any atom is -0.359 e. The maximum atomic E-state index is 7.49. The molecule has 52 heavy (non-hydrogen) atoms. The van der Waals surface area contributed by atoms with Crippen LogP contribution in [0.1, 0.15) is 38.5 Å². The molecule has 4 bridgehead atoms. The number of alkyl halides is 1. The summed E-state index contributed by atoms with van der Waals surface area (Å²) in [5.74, 6) is 4.81. The van der Waals surface area contributed by atoms with Crippen LogP contribution in [0.15, 0.2) is 37.2 Å². The Morgan fingerprint density at radius 3 is 1.71 bits per heavy atom. The number of fused-ring (bicyclic) bond motifs is 4. The van der Waals surface area contributed by atoms with E-state index in [1.54, 1.807) is 34.2 Å². The second-order valence-corrected chi connectivity index (χ2v) is 15.3. The molecule has 2 saturated carbocycles. The fourth-order valence-electron chi connectivity index (χ4n) is 7.62. The number of anilines is 2. The van der Waals surface area contributed by atoms with Crippen molar-refractivity contribution in [3.05, 3.63) is 60.0 Å². The minimum absolute atomic E-state index is 0. The minimum atomic E-state index is 0. The molecule has 6 aliphatic rings. The lowest BCUT2D eigenvalue weighted by molar-refractivity contribution is 0.229. The number of aromatic nitrogens is 8. The molecule has 0 unspecified atom stereocenters. The quantitative estimate of drug-likeness (QED) is 0.196. The summed E-state index contributed by atoms with van der Waals surface area (Å²) in [4.78, 5) is 32.6. The molecule has 0 radical (unpaired) electrons. The van der Waals surface area contributed by atoms with Gasteiger partial charge in [-0.05, 0) is 50.4 Å². The lowest BCUT2D eigenvalue weighted by atomic mass is 10.2. The Balaban J connectivity index is 0.000000142. The average Bonchev–Trinajstić information content (AvgIpc) is 3.69. The number of rotatable bonds is 7. The lowest BCUT2D eigenvalue weighted by Gasteiger charge is -2.35. The first-order chi connectivity index (χ1) is 24.9. The van der Waals surface area contributed by atoms with Gasteiger partial charge in [0.2, 0.25) is 11.4 Å². The van der Waals surface area contributed by atoms with Gasteiger partial charge >= 0.3 is 0 Å². The molecule has 0 amide bonds. The SMILES string of the molecule is BrCC1CC1.Cl.[C-]#[N+]c1cnc(-c2cnn(C)c2)nc1N1C[C@@H]2C[C@H]1CN2.[C-]#[N+]c1cnc(-c2cnn(C)c2)nc1N1C[C@@H]2C[C@H]1CN2CC1CC1. The molecule has 0 aromatic carbocycles. The van der Waals surface area contributed by atoms with Crippen molar-refractivity contribution in [2.75, 3.05) is 47.9 Å². The summed E-state index contributed by atoms with van der Waals surface area (Å²) < 4.78 is 3.47. The van der Waals surface area contributed by atoms with Gasteiger partial charge in [-0.1, -0.05) is 15.9 Å². The Hall–Kier alpha value is -4.15. The maximum Gasteiger partial charge on any atom is 0.246 e. The van der Waals surface area contributed by atoms with Crippen LogP contribution in [-0.4, -0.2) is 107 Å². The van der Waals surface area contributed by atoms with E-state index in [0.29, 0.717) is 47.2 Å². The van der Waals surface area contributed by atoms with Gasteiger partial charge in [0, 0.05) is 101 Å². The highest BCUT2D eigenvalue weighted by molar-refractivity contribution is 9.09. The van der Waals surface area contributed by atoms with E-state index in [2.05, 4.69) is 70.8 Å². The van der Waals surface area contributed by atoms with Crippen LogP contribution in [0.5, 0.6) is 0 Å². The molecule has 1 N–H and O–H groups in total. The molecule has 272 valence electrons. The number of halogens is 2. The van der Waals surface area contributed by atoms with E-state index in [1.165, 1.54) is 44.0 Å². The van der Waals surface area contributed by atoms with Crippen molar-refractivity contribution < 1.29 is 0 Å². The molecular weight excluding hydrogens is 744 g/mol. The molecule has 4 atom stereocenters. The molecule has 4 saturated heterocycles. The van der Waals surface area contributed by atoms with Gasteiger partial charge < -0.3 is 15.1 Å². The zero-order valence-electron chi connectivity index (χ0n) is 29.5. The molecule has 4 aromatic rings. The van der Waals surface area contributed by atoms with Crippen molar-refractivity contribution >= 4 is 51.3 Å². The van der Waals surface area contributed by atoms with Crippen molar-refractivity contribution in [1.82, 2.24) is 49.7 Å². The zero-order valence-corrected chi connectivity index (χ0v) is 31.9. The monoisotopic (exact) mass is 786 g/mol. The molecule has 16 heteroatoms. The highest BCUT2D eigenvalue weighted by Gasteiger charge is 2.45. The van der Waals surface area contributed by atoms with Crippen LogP contribution in [-0.2, 0) is 14.1 Å². The fourth-order valence-corrected chi connectivity index (χ4v) is 8.27. The summed E-state index contributed by atoms with van der Waals surface area (Å²) >= 11 is 3.38. The van der Waals surface area contributed by atoms with Crippen LogP contribution >= 0.6 is 28.3 Å². The molecule has 6 fully saturated rings. The van der Waals surface area contributed by atoms with E-state index in [0.717, 1.165) is 67.2 Å². The summed E-state index contributed by atoms with van der Waals surface area (Å²) in [5.41, 5.74) is 2.84. The van der Waals surface area contributed by atoms with Gasteiger partial charge in [-0.3, -0.25) is 14.3 Å². The summed E-state index contributed by atoms with van der Waals surface area (Å²) in [7, 11) is 3.74. The Morgan fingerprint density at radius 1 is 0.750 bits per heavy atom. The smallest absolute Gasteiger partial charge is 0.246 e. The van der Waals surface area contributed by atoms with Crippen LogP contribution in [0.4, 0.5) is 23.0 Å². The summed E-state index contributed by atoms with van der Waals surface area (Å²) in [5, 5.41) is 13.0. The van der Waals surface area contributed by atoms with E-state index < -0.39 is 0 Å². The van der Waals surface area contributed by atoms with Crippen molar-refractivity contribution in [3.63, 3.8) is 0 Å². The third-order valence-corrected chi connectivity index (χ3v) is 11.6. The summed E-state index contributed by atoms with van der Waals surface area (Å²) in [6, 6.07) is 2.04. The van der Waals surface area contributed by atoms with Crippen LogP contribution in [0.2, 0.25) is 0 Å². The van der Waals surface area contributed by atoms with Gasteiger partial charge in [-0.15, -0.1) is 12.4 Å². The molecule has 14 nitrogen and oxygen atoms in total. The summed E-state index contributed by atoms with van der Waals surface area (Å²) in [6.45, 7) is 20.1. The molecule has 10 rings (SSSR count). The van der Waals surface area contributed by atoms with Crippen molar-refractivity contribution in [1.29, 1.82) is 0 Å². The summed E-state index contributed by atoms with van der Waals surface area (Å²) in [6.07, 6.45) is 18.6. The Morgan fingerprint density at radius 2 is 1.33 bits per heavy atom. The highest BCUT2D eigenvalue weighted by Crippen LogP contribution is 2.41. The molecule has 4 aliphatic heterocycles. The second kappa shape index (κ2) is 15.4. The second-order valence-electron chi connectivity index (χ2n) is 14.7. The number of piperazine rings is 2. The van der Waals surface area contributed by atoms with Gasteiger partial charge in [0.05, 0.1) is 36.7 Å². The Kier molecular flexibility index (Phi) is 10.8. The molecule has 8 heterocycles. The van der Waals surface area contributed by atoms with Crippen molar-refractivity contribution in [2.45, 2.75) is 62.7 Å². The van der Waals surface area contributed by atoms with Gasteiger partial charge in [0.1, 0.15) is 11.6 Å². The van der Waals surface area contributed by atoms with Gasteiger partial charge in [0.15, 0.2) is 11.6 Å². The maximum absolute atomic E-state index is 7.49. The Bertz CT molecular complexity index is 1960. The third-order valence-electron chi connectivity index (χ3n) is 10.7. The number of nitrogens with zero attached hydrogens (tertiary/aromatic N) is 13. The number of likely N-dealkylation sites (tertiary alicyclic amines) is 1.